The van der Waals surface area contributed by atoms with Gasteiger partial charge in [-0.15, -0.1) is 0 Å². The van der Waals surface area contributed by atoms with Crippen molar-refractivity contribution in [2.45, 2.75) is 6.54 Å². The van der Waals surface area contributed by atoms with Crippen LogP contribution in [0, 0.1) is 0 Å². The number of ether oxygens (including phenoxy) is 1. The highest BCUT2D eigenvalue weighted by Gasteiger charge is 2.12. The summed E-state index contributed by atoms with van der Waals surface area (Å²) in [5, 5.41) is 0.671. The monoisotopic (exact) mass is 400 g/mol. The van der Waals surface area contributed by atoms with Crippen molar-refractivity contribution in [2.24, 2.45) is 0 Å². The lowest BCUT2D eigenvalue weighted by molar-refractivity contribution is -0.126. The number of nitrogens with zero attached hydrogens (tertiary/aromatic N) is 2. The summed E-state index contributed by atoms with van der Waals surface area (Å²) in [5.74, 6) is -0.460. The number of rotatable bonds is 8. The van der Waals surface area contributed by atoms with E-state index in [9.17, 15) is 9.59 Å². The third-order valence-corrected chi connectivity index (χ3v) is 4.42. The van der Waals surface area contributed by atoms with Gasteiger partial charge in [0.15, 0.2) is 0 Å². The standard InChI is InChI=1S/C22H25ClN2O3/c1-24(2)14-15-25(16-18-6-11-20(23)12-7-18)21(26)13-8-17-4-9-19(10-5-17)22(27)28-3/h4-13H,14-16H2,1-3H3. The van der Waals surface area contributed by atoms with Crippen molar-refractivity contribution in [1.29, 1.82) is 0 Å². The fraction of sp³-hybridized carbons (Fsp3) is 0.273. The number of hydrogen-bond acceptors (Lipinski definition) is 4. The van der Waals surface area contributed by atoms with Crippen LogP contribution < -0.4 is 0 Å². The van der Waals surface area contributed by atoms with Crippen LogP contribution in [0.5, 0.6) is 0 Å². The summed E-state index contributed by atoms with van der Waals surface area (Å²) >= 11 is 5.94. The van der Waals surface area contributed by atoms with Crippen LogP contribution in [0.25, 0.3) is 6.08 Å². The molecule has 0 heterocycles. The molecule has 0 atom stereocenters. The predicted octanol–water partition coefficient (Wildman–Crippen LogP) is 3.73. The van der Waals surface area contributed by atoms with Crippen molar-refractivity contribution in [2.75, 3.05) is 34.3 Å². The molecule has 2 rings (SSSR count). The SMILES string of the molecule is COC(=O)c1ccc(C=CC(=O)N(CCN(C)C)Cc2ccc(Cl)cc2)cc1. The molecule has 0 unspecified atom stereocenters. The lowest BCUT2D eigenvalue weighted by atomic mass is 10.1. The van der Waals surface area contributed by atoms with Crippen LogP contribution >= 0.6 is 11.6 Å². The zero-order valence-electron chi connectivity index (χ0n) is 16.4. The van der Waals surface area contributed by atoms with Crippen molar-refractivity contribution >= 4 is 29.6 Å². The topological polar surface area (TPSA) is 49.9 Å². The van der Waals surface area contributed by atoms with E-state index in [1.165, 1.54) is 7.11 Å². The fourth-order valence-electron chi connectivity index (χ4n) is 2.52. The van der Waals surface area contributed by atoms with Gasteiger partial charge in [-0.25, -0.2) is 4.79 Å². The van der Waals surface area contributed by atoms with Crippen molar-refractivity contribution in [3.05, 3.63) is 76.3 Å². The maximum absolute atomic E-state index is 12.7. The molecule has 0 saturated heterocycles. The van der Waals surface area contributed by atoms with Gasteiger partial charge in [0.25, 0.3) is 0 Å². The zero-order valence-corrected chi connectivity index (χ0v) is 17.1. The van der Waals surface area contributed by atoms with Crippen molar-refractivity contribution in [3.63, 3.8) is 0 Å². The predicted molar refractivity (Wildman–Crippen MR) is 112 cm³/mol. The minimum Gasteiger partial charge on any atom is -0.465 e. The highest BCUT2D eigenvalue weighted by atomic mass is 35.5. The van der Waals surface area contributed by atoms with Crippen molar-refractivity contribution in [1.82, 2.24) is 9.80 Å². The summed E-state index contributed by atoms with van der Waals surface area (Å²) < 4.78 is 4.69. The second-order valence-electron chi connectivity index (χ2n) is 6.64. The van der Waals surface area contributed by atoms with E-state index in [1.807, 2.05) is 43.3 Å². The molecule has 0 spiro atoms. The van der Waals surface area contributed by atoms with Gasteiger partial charge in [-0.2, -0.15) is 0 Å². The average molecular weight is 401 g/mol. The van der Waals surface area contributed by atoms with E-state index < -0.39 is 0 Å². The summed E-state index contributed by atoms with van der Waals surface area (Å²) in [7, 11) is 5.30. The van der Waals surface area contributed by atoms with Crippen LogP contribution in [-0.4, -0.2) is 56.0 Å². The van der Waals surface area contributed by atoms with Gasteiger partial charge in [-0.3, -0.25) is 4.79 Å². The second kappa shape index (κ2) is 10.6. The summed E-state index contributed by atoms with van der Waals surface area (Å²) in [6.45, 7) is 1.89. The zero-order chi connectivity index (χ0) is 20.5. The van der Waals surface area contributed by atoms with Gasteiger partial charge >= 0.3 is 5.97 Å². The van der Waals surface area contributed by atoms with Gasteiger partial charge < -0.3 is 14.5 Å². The third kappa shape index (κ3) is 6.83. The summed E-state index contributed by atoms with van der Waals surface area (Å²) in [6.07, 6.45) is 3.30. The minimum atomic E-state index is -0.385. The molecule has 2 aromatic carbocycles. The van der Waals surface area contributed by atoms with Crippen LogP contribution in [-0.2, 0) is 16.1 Å². The van der Waals surface area contributed by atoms with Gasteiger partial charge in [0, 0.05) is 30.7 Å². The van der Waals surface area contributed by atoms with E-state index in [1.54, 1.807) is 41.3 Å². The molecular weight excluding hydrogens is 376 g/mol. The van der Waals surface area contributed by atoms with Gasteiger partial charge in [-0.05, 0) is 55.6 Å². The number of carbonyl (C=O) groups is 2. The Balaban J connectivity index is 2.08. The summed E-state index contributed by atoms with van der Waals surface area (Å²) in [6, 6.07) is 14.4. The van der Waals surface area contributed by atoms with Gasteiger partial charge in [-0.1, -0.05) is 35.9 Å². The maximum atomic E-state index is 12.7. The number of methoxy groups -OCH3 is 1. The fourth-order valence-corrected chi connectivity index (χ4v) is 2.65. The average Bonchev–Trinajstić information content (AvgIpc) is 2.70. The number of benzene rings is 2. The Morgan fingerprint density at radius 2 is 1.64 bits per heavy atom. The molecule has 5 nitrogen and oxygen atoms in total. The molecule has 1 amide bonds. The highest BCUT2D eigenvalue weighted by molar-refractivity contribution is 6.30. The minimum absolute atomic E-state index is 0.0751. The van der Waals surface area contributed by atoms with E-state index in [0.717, 1.165) is 17.7 Å². The molecule has 0 aliphatic carbocycles. The van der Waals surface area contributed by atoms with E-state index in [0.29, 0.717) is 23.7 Å². The molecule has 0 radical (unpaired) electrons. The van der Waals surface area contributed by atoms with E-state index in [4.69, 9.17) is 11.6 Å². The third-order valence-electron chi connectivity index (χ3n) is 4.17. The lowest BCUT2D eigenvalue weighted by Crippen LogP contribution is -2.35. The van der Waals surface area contributed by atoms with E-state index in [-0.39, 0.29) is 11.9 Å². The number of likely N-dealkylation sites (N-methyl/N-ethyl adjacent to an activating group) is 1. The Labute approximate surface area is 171 Å². The number of carbonyl (C=O) groups excluding carboxylic acids is 2. The highest BCUT2D eigenvalue weighted by Crippen LogP contribution is 2.13. The Morgan fingerprint density at radius 3 is 2.21 bits per heavy atom. The van der Waals surface area contributed by atoms with E-state index >= 15 is 0 Å². The lowest BCUT2D eigenvalue weighted by Gasteiger charge is -2.23. The maximum Gasteiger partial charge on any atom is 0.337 e. The number of hydrogen-bond donors (Lipinski definition) is 0. The first kappa shape index (κ1) is 21.7. The molecule has 6 heteroatoms. The quantitative estimate of drug-likeness (QED) is 0.500. The molecule has 0 aliphatic rings. The molecule has 0 fully saturated rings. The molecule has 0 N–H and O–H groups in total. The first-order valence-corrected chi connectivity index (χ1v) is 9.31. The van der Waals surface area contributed by atoms with Crippen molar-refractivity contribution in [3.8, 4) is 0 Å². The molecule has 0 bridgehead atoms. The second-order valence-corrected chi connectivity index (χ2v) is 7.07. The van der Waals surface area contributed by atoms with Crippen LogP contribution in [0.3, 0.4) is 0 Å². The number of esters is 1. The Morgan fingerprint density at radius 1 is 1.00 bits per heavy atom. The molecule has 0 saturated carbocycles. The molecule has 0 aromatic heterocycles. The molecule has 2 aromatic rings. The van der Waals surface area contributed by atoms with Crippen LogP contribution in [0.2, 0.25) is 5.02 Å². The van der Waals surface area contributed by atoms with Gasteiger partial charge in [0.05, 0.1) is 12.7 Å². The summed E-state index contributed by atoms with van der Waals surface area (Å²) in [5.41, 5.74) is 2.33. The molecule has 148 valence electrons. The largest absolute Gasteiger partial charge is 0.465 e. The Bertz CT molecular complexity index is 815. The van der Waals surface area contributed by atoms with Crippen molar-refractivity contribution < 1.29 is 14.3 Å². The molecule has 0 aliphatic heterocycles. The summed E-state index contributed by atoms with van der Waals surface area (Å²) in [4.78, 5) is 28.1. The number of halogens is 1. The number of amides is 1. The first-order valence-electron chi connectivity index (χ1n) is 8.93. The Kier molecular flexibility index (Phi) is 8.23. The van der Waals surface area contributed by atoms with Crippen LogP contribution in [0.1, 0.15) is 21.5 Å². The van der Waals surface area contributed by atoms with Crippen LogP contribution in [0.4, 0.5) is 0 Å². The smallest absolute Gasteiger partial charge is 0.337 e. The van der Waals surface area contributed by atoms with E-state index in [2.05, 4.69) is 4.74 Å². The normalized spacial score (nSPS) is 11.0. The van der Waals surface area contributed by atoms with Crippen LogP contribution in [0.15, 0.2) is 54.6 Å². The molecule has 28 heavy (non-hydrogen) atoms. The van der Waals surface area contributed by atoms with Gasteiger partial charge in [0.2, 0.25) is 5.91 Å². The first-order chi connectivity index (χ1) is 13.4. The van der Waals surface area contributed by atoms with Gasteiger partial charge in [0.1, 0.15) is 0 Å². The Hall–Kier alpha value is -2.63. The molecular formula is C22H25ClN2O3.